The third-order valence-electron chi connectivity index (χ3n) is 2.91. The van der Waals surface area contributed by atoms with Gasteiger partial charge in [0.25, 0.3) is 11.8 Å². The first-order chi connectivity index (χ1) is 10.8. The molecule has 1 heterocycles. The number of carbonyl (C=O) groups excluding carboxylic acids is 2. The van der Waals surface area contributed by atoms with Gasteiger partial charge in [-0.05, 0) is 37.1 Å². The van der Waals surface area contributed by atoms with Crippen molar-refractivity contribution in [3.8, 4) is 0 Å². The highest BCUT2D eigenvalue weighted by Gasteiger charge is 2.47. The van der Waals surface area contributed by atoms with Crippen molar-refractivity contribution in [3.63, 3.8) is 0 Å². The number of anilines is 1. The molecule has 1 unspecified atom stereocenters. The molecule has 136 valence electrons. The number of hydrogen-bond acceptors (Lipinski definition) is 7. The Morgan fingerprint density at radius 1 is 1.46 bits per heavy atom. The first-order valence-corrected chi connectivity index (χ1v) is 11.5. The first-order valence-electron chi connectivity index (χ1n) is 7.46. The van der Waals surface area contributed by atoms with Crippen molar-refractivity contribution in [2.45, 2.75) is 45.8 Å². The van der Waals surface area contributed by atoms with Crippen molar-refractivity contribution in [3.05, 3.63) is 3.95 Å². The summed E-state index contributed by atoms with van der Waals surface area (Å²) in [6.07, 6.45) is 0.147. The molecule has 0 aliphatic heterocycles. The van der Waals surface area contributed by atoms with Crippen molar-refractivity contribution >= 4 is 49.5 Å². The zero-order valence-corrected chi connectivity index (χ0v) is 17.6. The van der Waals surface area contributed by atoms with Gasteiger partial charge in [0.05, 0.1) is 0 Å². The molecule has 0 bridgehead atoms. The number of nitrogens with zero attached hydrogens (tertiary/aromatic N) is 2. The summed E-state index contributed by atoms with van der Waals surface area (Å²) in [5.41, 5.74) is 4.15. The van der Waals surface area contributed by atoms with E-state index in [-0.39, 0.29) is 17.0 Å². The predicted octanol–water partition coefficient (Wildman–Crippen LogP) is 1.65. The summed E-state index contributed by atoms with van der Waals surface area (Å²) in [6, 6.07) is 0. The van der Waals surface area contributed by atoms with Crippen molar-refractivity contribution in [1.82, 2.24) is 15.3 Å². The quantitative estimate of drug-likeness (QED) is 0.294. The lowest BCUT2D eigenvalue weighted by Gasteiger charge is -2.35. The molecule has 1 aromatic heterocycles. The standard InChI is InChI=1S/C13H25N5O3S2Si/c1-12(2,3)7-13(14,9(20)18(4)21-24(5)6)8(19)15-10-16-17-11(22)23-10/h24H,7,14H2,1-6H3,(H,17,22)(H,15,16,19). The third kappa shape index (κ3) is 5.74. The molecule has 1 rings (SSSR count). The molecule has 24 heavy (non-hydrogen) atoms. The number of aromatic nitrogens is 2. The number of hydrogen-bond donors (Lipinski definition) is 3. The van der Waals surface area contributed by atoms with Gasteiger partial charge in [-0.25, -0.2) is 5.06 Å². The normalized spacial score (nSPS) is 14.3. The number of H-pyrrole nitrogens is 1. The minimum absolute atomic E-state index is 0.147. The molecule has 1 aromatic rings. The molecule has 0 radical (unpaired) electrons. The van der Waals surface area contributed by atoms with Crippen molar-refractivity contribution in [1.29, 1.82) is 0 Å². The van der Waals surface area contributed by atoms with E-state index < -0.39 is 26.4 Å². The maximum atomic E-state index is 12.8. The maximum absolute atomic E-state index is 12.8. The topological polar surface area (TPSA) is 113 Å². The van der Waals surface area contributed by atoms with Crippen molar-refractivity contribution < 1.29 is 14.1 Å². The van der Waals surface area contributed by atoms with E-state index in [9.17, 15) is 9.59 Å². The zero-order chi connectivity index (χ0) is 18.7. The van der Waals surface area contributed by atoms with Crippen LogP contribution in [0.1, 0.15) is 27.2 Å². The summed E-state index contributed by atoms with van der Waals surface area (Å²) in [7, 11) is -0.0395. The van der Waals surface area contributed by atoms with Crippen LogP contribution in [0.2, 0.25) is 13.1 Å². The maximum Gasteiger partial charge on any atom is 0.274 e. The molecular weight excluding hydrogens is 366 g/mol. The van der Waals surface area contributed by atoms with Crippen LogP contribution in [0, 0.1) is 9.37 Å². The van der Waals surface area contributed by atoms with Crippen LogP contribution in [0.4, 0.5) is 5.13 Å². The van der Waals surface area contributed by atoms with Gasteiger partial charge in [-0.1, -0.05) is 32.1 Å². The molecule has 0 saturated heterocycles. The van der Waals surface area contributed by atoms with E-state index in [0.717, 1.165) is 16.4 Å². The van der Waals surface area contributed by atoms with Gasteiger partial charge in [0.15, 0.2) is 9.49 Å². The summed E-state index contributed by atoms with van der Waals surface area (Å²) >= 11 is 6.03. The molecular formula is C13H25N5O3S2Si. The average Bonchev–Trinajstić information content (AvgIpc) is 2.80. The number of rotatable bonds is 6. The highest BCUT2D eigenvalue weighted by molar-refractivity contribution is 7.73. The van der Waals surface area contributed by atoms with Crippen LogP contribution in [0.15, 0.2) is 0 Å². The third-order valence-corrected chi connectivity index (χ3v) is 4.65. The van der Waals surface area contributed by atoms with Crippen LogP contribution in [0.3, 0.4) is 0 Å². The van der Waals surface area contributed by atoms with Gasteiger partial charge in [0.1, 0.15) is 0 Å². The van der Waals surface area contributed by atoms with Crippen LogP contribution in [-0.4, -0.2) is 48.7 Å². The second-order valence-electron chi connectivity index (χ2n) is 7.04. The van der Waals surface area contributed by atoms with Gasteiger partial charge in [-0.3, -0.25) is 20.0 Å². The Morgan fingerprint density at radius 3 is 2.46 bits per heavy atom. The number of hydroxylamine groups is 2. The monoisotopic (exact) mass is 391 g/mol. The summed E-state index contributed by atoms with van der Waals surface area (Å²) in [6.45, 7) is 9.56. The van der Waals surface area contributed by atoms with Gasteiger partial charge < -0.3 is 10.3 Å². The molecule has 1 atom stereocenters. The van der Waals surface area contributed by atoms with E-state index in [0.29, 0.717) is 3.95 Å². The summed E-state index contributed by atoms with van der Waals surface area (Å²) in [5, 5.41) is 10.3. The average molecular weight is 392 g/mol. The van der Waals surface area contributed by atoms with Gasteiger partial charge in [-0.2, -0.15) is 0 Å². The number of nitrogens with one attached hydrogen (secondary N) is 2. The van der Waals surface area contributed by atoms with E-state index in [1.54, 1.807) is 0 Å². The van der Waals surface area contributed by atoms with Crippen LogP contribution < -0.4 is 11.1 Å². The molecule has 0 saturated carbocycles. The van der Waals surface area contributed by atoms with Crippen LogP contribution in [0.25, 0.3) is 0 Å². The lowest BCUT2D eigenvalue weighted by molar-refractivity contribution is -0.163. The first kappa shape index (κ1) is 20.9. The fourth-order valence-electron chi connectivity index (χ4n) is 2.23. The van der Waals surface area contributed by atoms with Gasteiger partial charge in [-0.15, -0.1) is 5.10 Å². The Bertz CT molecular complexity index is 655. The van der Waals surface area contributed by atoms with Crippen LogP contribution in [0.5, 0.6) is 0 Å². The Balaban J connectivity index is 3.10. The molecule has 4 N–H and O–H groups in total. The Hall–Kier alpha value is -1.14. The fraction of sp³-hybridized carbons (Fsp3) is 0.692. The molecule has 0 fully saturated rings. The molecule has 11 heteroatoms. The molecule has 8 nitrogen and oxygen atoms in total. The van der Waals surface area contributed by atoms with Gasteiger partial charge >= 0.3 is 0 Å². The minimum Gasteiger partial charge on any atom is -0.322 e. The number of likely N-dealkylation sites (N-methyl/N-ethyl adjacent to an activating group) is 1. The number of nitrogens with two attached hydrogens (primary N) is 1. The molecule has 0 spiro atoms. The Kier molecular flexibility index (Phi) is 6.81. The number of aromatic amines is 1. The molecule has 0 aliphatic rings. The molecule has 0 aliphatic carbocycles. The van der Waals surface area contributed by atoms with Crippen LogP contribution >= 0.6 is 23.6 Å². The van der Waals surface area contributed by atoms with Crippen molar-refractivity contribution in [2.75, 3.05) is 12.4 Å². The SMILES string of the molecule is CN(O[SiH](C)C)C(=O)C(N)(CC(C)(C)C)C(=O)Nc1n[nH]c(=S)s1. The summed E-state index contributed by atoms with van der Waals surface area (Å²) < 4.78 is 5.92. The van der Waals surface area contributed by atoms with Crippen molar-refractivity contribution in [2.24, 2.45) is 11.1 Å². The fourth-order valence-corrected chi connectivity index (χ4v) is 3.74. The lowest BCUT2D eigenvalue weighted by atomic mass is 9.79. The van der Waals surface area contributed by atoms with Crippen LogP contribution in [-0.2, 0) is 14.1 Å². The largest absolute Gasteiger partial charge is 0.322 e. The summed E-state index contributed by atoms with van der Waals surface area (Å²) in [5.74, 6) is -1.23. The zero-order valence-electron chi connectivity index (χ0n) is 14.8. The minimum atomic E-state index is -1.77. The van der Waals surface area contributed by atoms with Gasteiger partial charge in [0, 0.05) is 7.05 Å². The Labute approximate surface area is 152 Å². The van der Waals surface area contributed by atoms with E-state index in [1.807, 2.05) is 33.9 Å². The van der Waals surface area contributed by atoms with E-state index >= 15 is 0 Å². The van der Waals surface area contributed by atoms with E-state index in [2.05, 4.69) is 15.5 Å². The van der Waals surface area contributed by atoms with Gasteiger partial charge in [0.2, 0.25) is 14.2 Å². The number of amides is 2. The predicted molar refractivity (Wildman–Crippen MR) is 99.7 cm³/mol. The molecule has 0 aromatic carbocycles. The second-order valence-corrected chi connectivity index (χ2v) is 11.0. The lowest BCUT2D eigenvalue weighted by Crippen LogP contribution is -2.63. The summed E-state index contributed by atoms with van der Waals surface area (Å²) in [4.78, 5) is 25.6. The number of carbonyl (C=O) groups is 2. The second kappa shape index (κ2) is 7.83. The highest BCUT2D eigenvalue weighted by Crippen LogP contribution is 2.28. The Morgan fingerprint density at radius 2 is 2.04 bits per heavy atom. The van der Waals surface area contributed by atoms with E-state index in [4.69, 9.17) is 22.5 Å². The van der Waals surface area contributed by atoms with E-state index in [1.165, 1.54) is 7.05 Å². The smallest absolute Gasteiger partial charge is 0.274 e. The highest BCUT2D eigenvalue weighted by atomic mass is 32.1. The molecule has 2 amide bonds.